The zero-order valence-corrected chi connectivity index (χ0v) is 17.7. The van der Waals surface area contributed by atoms with Crippen LogP contribution in [-0.4, -0.2) is 40.5 Å². The van der Waals surface area contributed by atoms with Gasteiger partial charge in [0.25, 0.3) is 5.69 Å². The SMILES string of the molecule is CCOC(=O)[C@H](CCSC)Nc1c2ccccc2nc2cccc([N+](=O)[O-])c12.Cl. The van der Waals surface area contributed by atoms with Crippen LogP contribution in [-0.2, 0) is 9.53 Å². The van der Waals surface area contributed by atoms with Gasteiger partial charge in [-0.05, 0) is 37.5 Å². The molecule has 0 amide bonds. The Morgan fingerprint density at radius 1 is 1.24 bits per heavy atom. The molecule has 0 spiro atoms. The van der Waals surface area contributed by atoms with E-state index >= 15 is 0 Å². The van der Waals surface area contributed by atoms with Crippen LogP contribution >= 0.6 is 24.2 Å². The molecule has 0 fully saturated rings. The van der Waals surface area contributed by atoms with Crippen LogP contribution in [0.4, 0.5) is 11.4 Å². The van der Waals surface area contributed by atoms with Crippen LogP contribution < -0.4 is 5.32 Å². The monoisotopic (exact) mass is 435 g/mol. The fourth-order valence-electron chi connectivity index (χ4n) is 3.13. The van der Waals surface area contributed by atoms with Crippen LogP contribution in [0.5, 0.6) is 0 Å². The normalized spacial score (nSPS) is 11.7. The lowest BCUT2D eigenvalue weighted by Gasteiger charge is -2.20. The number of hydrogen-bond donors (Lipinski definition) is 1. The summed E-state index contributed by atoms with van der Waals surface area (Å²) in [6.07, 6.45) is 2.50. The number of aromatic nitrogens is 1. The number of pyridine rings is 1. The number of benzene rings is 2. The number of para-hydroxylation sites is 1. The zero-order valence-electron chi connectivity index (χ0n) is 16.1. The van der Waals surface area contributed by atoms with E-state index in [1.54, 1.807) is 30.8 Å². The third kappa shape index (κ3) is 4.89. The number of hydrogen-bond acceptors (Lipinski definition) is 7. The van der Waals surface area contributed by atoms with E-state index in [-0.39, 0.29) is 30.7 Å². The molecule has 0 aliphatic rings. The molecule has 3 rings (SSSR count). The van der Waals surface area contributed by atoms with Gasteiger partial charge in [0, 0.05) is 11.5 Å². The average Bonchev–Trinajstić information content (AvgIpc) is 2.69. The van der Waals surface area contributed by atoms with Crippen molar-refractivity contribution in [3.63, 3.8) is 0 Å². The van der Waals surface area contributed by atoms with Crippen molar-refractivity contribution in [2.24, 2.45) is 0 Å². The summed E-state index contributed by atoms with van der Waals surface area (Å²) in [5.41, 5.74) is 1.69. The lowest BCUT2D eigenvalue weighted by atomic mass is 10.0. The summed E-state index contributed by atoms with van der Waals surface area (Å²) in [6, 6.07) is 11.6. The Balaban J connectivity index is 0.00000300. The van der Waals surface area contributed by atoms with Gasteiger partial charge in [0.15, 0.2) is 0 Å². The van der Waals surface area contributed by atoms with Crippen molar-refractivity contribution in [2.75, 3.05) is 23.9 Å². The molecular weight excluding hydrogens is 414 g/mol. The number of non-ortho nitro benzene ring substituents is 1. The summed E-state index contributed by atoms with van der Waals surface area (Å²) in [5, 5.41) is 16.0. The number of nitro benzene ring substituents is 1. The van der Waals surface area contributed by atoms with Crippen LogP contribution in [0.15, 0.2) is 42.5 Å². The maximum absolute atomic E-state index is 12.5. The van der Waals surface area contributed by atoms with Crippen molar-refractivity contribution in [3.8, 4) is 0 Å². The molecule has 1 aromatic heterocycles. The molecule has 154 valence electrons. The largest absolute Gasteiger partial charge is 0.464 e. The Bertz CT molecular complexity index is 1030. The van der Waals surface area contributed by atoms with E-state index < -0.39 is 11.0 Å². The quantitative estimate of drug-likeness (QED) is 0.234. The molecule has 1 atom stereocenters. The highest BCUT2D eigenvalue weighted by atomic mass is 35.5. The number of ether oxygens (including phenoxy) is 1. The minimum absolute atomic E-state index is 0. The van der Waals surface area contributed by atoms with Crippen LogP contribution in [0.25, 0.3) is 21.8 Å². The summed E-state index contributed by atoms with van der Waals surface area (Å²) in [5.74, 6) is 0.378. The first-order valence-corrected chi connectivity index (χ1v) is 10.3. The lowest BCUT2D eigenvalue weighted by molar-refractivity contribution is -0.383. The van der Waals surface area contributed by atoms with E-state index in [0.29, 0.717) is 28.5 Å². The first kappa shape index (κ1) is 22.7. The van der Waals surface area contributed by atoms with Crippen molar-refractivity contribution < 1.29 is 14.5 Å². The summed E-state index contributed by atoms with van der Waals surface area (Å²) in [4.78, 5) is 28.3. The average molecular weight is 436 g/mol. The van der Waals surface area contributed by atoms with Crippen LogP contribution in [0.3, 0.4) is 0 Å². The number of nitro groups is 1. The minimum atomic E-state index is -0.610. The number of carbonyl (C=O) groups is 1. The highest BCUT2D eigenvalue weighted by Gasteiger charge is 2.25. The highest BCUT2D eigenvalue weighted by Crippen LogP contribution is 2.37. The Morgan fingerprint density at radius 3 is 2.66 bits per heavy atom. The van der Waals surface area contributed by atoms with Gasteiger partial charge in [0.1, 0.15) is 11.4 Å². The van der Waals surface area contributed by atoms with Crippen LogP contribution in [0.2, 0.25) is 0 Å². The topological polar surface area (TPSA) is 94.4 Å². The molecule has 0 radical (unpaired) electrons. The van der Waals surface area contributed by atoms with E-state index in [1.165, 1.54) is 6.07 Å². The summed E-state index contributed by atoms with van der Waals surface area (Å²) in [6.45, 7) is 2.03. The van der Waals surface area contributed by atoms with Gasteiger partial charge >= 0.3 is 5.97 Å². The number of nitrogens with zero attached hydrogens (tertiary/aromatic N) is 2. The molecule has 0 bridgehead atoms. The minimum Gasteiger partial charge on any atom is -0.464 e. The smallest absolute Gasteiger partial charge is 0.328 e. The van der Waals surface area contributed by atoms with Crippen molar-refractivity contribution in [3.05, 3.63) is 52.6 Å². The third-order valence-electron chi connectivity index (χ3n) is 4.38. The second-order valence-corrected chi connectivity index (χ2v) is 7.15. The van der Waals surface area contributed by atoms with E-state index in [2.05, 4.69) is 10.3 Å². The number of thioether (sulfide) groups is 1. The van der Waals surface area contributed by atoms with Gasteiger partial charge < -0.3 is 10.1 Å². The maximum Gasteiger partial charge on any atom is 0.328 e. The Labute approximate surface area is 178 Å². The molecule has 29 heavy (non-hydrogen) atoms. The number of fused-ring (bicyclic) bond motifs is 2. The number of carbonyl (C=O) groups excluding carboxylic acids is 1. The summed E-state index contributed by atoms with van der Waals surface area (Å²) < 4.78 is 5.21. The third-order valence-corrected chi connectivity index (χ3v) is 5.03. The molecule has 3 aromatic rings. The van der Waals surface area contributed by atoms with Gasteiger partial charge in [-0.15, -0.1) is 12.4 Å². The lowest BCUT2D eigenvalue weighted by Crippen LogP contribution is -2.32. The zero-order chi connectivity index (χ0) is 20.1. The second-order valence-electron chi connectivity index (χ2n) is 6.16. The summed E-state index contributed by atoms with van der Waals surface area (Å²) in [7, 11) is 0. The van der Waals surface area contributed by atoms with Gasteiger partial charge in [-0.1, -0.05) is 24.3 Å². The molecule has 0 aliphatic heterocycles. The van der Waals surface area contributed by atoms with Gasteiger partial charge in [0.05, 0.1) is 28.3 Å². The van der Waals surface area contributed by atoms with Crippen molar-refractivity contribution in [2.45, 2.75) is 19.4 Å². The Kier molecular flexibility index (Phi) is 8.04. The fraction of sp³-hybridized carbons (Fsp3) is 0.300. The van der Waals surface area contributed by atoms with Crippen molar-refractivity contribution in [1.29, 1.82) is 0 Å². The van der Waals surface area contributed by atoms with Gasteiger partial charge in [-0.2, -0.15) is 11.8 Å². The molecule has 1 N–H and O–H groups in total. The predicted octanol–water partition coefficient (Wildman–Crippen LogP) is 4.81. The van der Waals surface area contributed by atoms with E-state index in [0.717, 1.165) is 11.1 Å². The molecule has 1 heterocycles. The van der Waals surface area contributed by atoms with Gasteiger partial charge in [-0.3, -0.25) is 10.1 Å². The van der Waals surface area contributed by atoms with E-state index in [9.17, 15) is 14.9 Å². The molecule has 0 aliphatic carbocycles. The standard InChI is InChI=1S/C20H21N3O4S.ClH/c1-3-27-20(24)16(11-12-28-2)22-19-13-7-4-5-8-14(13)21-15-9-6-10-17(18(15)19)23(25)26;/h4-10,16H,3,11-12H2,1-2H3,(H,21,22);1H/t16-;/m0./s1. The number of rotatable bonds is 8. The molecule has 0 saturated carbocycles. The molecule has 2 aromatic carbocycles. The molecule has 0 saturated heterocycles. The van der Waals surface area contributed by atoms with Gasteiger partial charge in [-0.25, -0.2) is 9.78 Å². The highest BCUT2D eigenvalue weighted by molar-refractivity contribution is 7.98. The van der Waals surface area contributed by atoms with E-state index in [1.807, 2.05) is 30.5 Å². The predicted molar refractivity (Wildman–Crippen MR) is 120 cm³/mol. The molecule has 9 heteroatoms. The number of esters is 1. The first-order chi connectivity index (χ1) is 13.6. The van der Waals surface area contributed by atoms with Crippen molar-refractivity contribution in [1.82, 2.24) is 4.98 Å². The number of nitrogens with one attached hydrogen (secondary N) is 1. The first-order valence-electron chi connectivity index (χ1n) is 8.94. The van der Waals surface area contributed by atoms with Crippen LogP contribution in [0, 0.1) is 10.1 Å². The van der Waals surface area contributed by atoms with Crippen LogP contribution in [0.1, 0.15) is 13.3 Å². The summed E-state index contributed by atoms with van der Waals surface area (Å²) >= 11 is 1.62. The number of halogens is 1. The molecule has 0 unspecified atom stereocenters. The maximum atomic E-state index is 12.5. The Hall–Kier alpha value is -2.58. The second kappa shape index (κ2) is 10.3. The molecular formula is C20H22ClN3O4S. The molecule has 7 nitrogen and oxygen atoms in total. The van der Waals surface area contributed by atoms with Crippen molar-refractivity contribution >= 4 is 63.3 Å². The fourth-order valence-corrected chi connectivity index (χ4v) is 3.60. The van der Waals surface area contributed by atoms with E-state index in [4.69, 9.17) is 4.74 Å². The van der Waals surface area contributed by atoms with Gasteiger partial charge in [0.2, 0.25) is 0 Å². The Morgan fingerprint density at radius 2 is 1.97 bits per heavy atom. The number of anilines is 1.